The first-order valence-corrected chi connectivity index (χ1v) is 11.9. The Labute approximate surface area is 207 Å². The number of amides is 5. The highest BCUT2D eigenvalue weighted by Crippen LogP contribution is 2.11. The van der Waals surface area contributed by atoms with E-state index in [0.717, 1.165) is 5.56 Å². The minimum absolute atomic E-state index is 0.151. The van der Waals surface area contributed by atoms with E-state index in [1.807, 2.05) is 44.2 Å². The van der Waals surface area contributed by atoms with E-state index in [4.69, 9.17) is 5.73 Å². The van der Waals surface area contributed by atoms with E-state index in [2.05, 4.69) is 21.3 Å². The Bertz CT molecular complexity index is 889. The molecule has 5 atom stereocenters. The number of carbonyl (C=O) groups excluding carboxylic acids is 5. The van der Waals surface area contributed by atoms with Crippen molar-refractivity contribution >= 4 is 29.5 Å². The maximum absolute atomic E-state index is 13.2. The van der Waals surface area contributed by atoms with E-state index in [0.29, 0.717) is 6.42 Å². The van der Waals surface area contributed by atoms with Crippen molar-refractivity contribution in [3.05, 3.63) is 35.9 Å². The maximum Gasteiger partial charge on any atom is 0.243 e. The summed E-state index contributed by atoms with van der Waals surface area (Å²) < 4.78 is 0. The van der Waals surface area contributed by atoms with Gasteiger partial charge in [-0.15, -0.1) is 0 Å². The number of nitrogens with one attached hydrogen (secondary N) is 4. The van der Waals surface area contributed by atoms with E-state index >= 15 is 0 Å². The van der Waals surface area contributed by atoms with Crippen LogP contribution in [-0.4, -0.2) is 53.7 Å². The van der Waals surface area contributed by atoms with E-state index < -0.39 is 47.8 Å². The Morgan fingerprint density at radius 2 is 1.37 bits per heavy atom. The SMILES string of the molecule is CC[C@H](C)[C@H](NC(C)=O)C(=O)N[C@H](C(=O)N[C@@H](Cc1ccccc1)C(=O)N[C@H](C)C(N)=O)C(C)C. The molecule has 0 aliphatic carbocycles. The van der Waals surface area contributed by atoms with Gasteiger partial charge in [-0.05, 0) is 24.3 Å². The Kier molecular flexibility index (Phi) is 11.9. The molecule has 0 radical (unpaired) electrons. The first kappa shape index (κ1) is 29.6. The molecule has 10 nitrogen and oxygen atoms in total. The molecule has 35 heavy (non-hydrogen) atoms. The molecule has 5 amide bonds. The van der Waals surface area contributed by atoms with Gasteiger partial charge in [-0.3, -0.25) is 24.0 Å². The molecule has 0 heterocycles. The summed E-state index contributed by atoms with van der Waals surface area (Å²) in [5.41, 5.74) is 6.06. The fourth-order valence-corrected chi connectivity index (χ4v) is 3.40. The summed E-state index contributed by atoms with van der Waals surface area (Å²) >= 11 is 0. The summed E-state index contributed by atoms with van der Waals surface area (Å²) in [4.78, 5) is 62.2. The zero-order valence-corrected chi connectivity index (χ0v) is 21.4. The molecule has 0 aliphatic heterocycles. The number of primary amides is 1. The average Bonchev–Trinajstić information content (AvgIpc) is 2.79. The van der Waals surface area contributed by atoms with Crippen molar-refractivity contribution < 1.29 is 24.0 Å². The Hall–Kier alpha value is -3.43. The van der Waals surface area contributed by atoms with Crippen molar-refractivity contribution in [2.45, 2.75) is 78.6 Å². The fraction of sp³-hybridized carbons (Fsp3) is 0.560. The van der Waals surface area contributed by atoms with Crippen LogP contribution in [-0.2, 0) is 30.4 Å². The molecule has 0 bridgehead atoms. The van der Waals surface area contributed by atoms with Gasteiger partial charge in [0.15, 0.2) is 0 Å². The predicted molar refractivity (Wildman–Crippen MR) is 133 cm³/mol. The molecule has 0 unspecified atom stereocenters. The lowest BCUT2D eigenvalue weighted by molar-refractivity contribution is -0.135. The topological polar surface area (TPSA) is 159 Å². The van der Waals surface area contributed by atoms with Crippen LogP contribution in [0, 0.1) is 11.8 Å². The van der Waals surface area contributed by atoms with Gasteiger partial charge >= 0.3 is 0 Å². The van der Waals surface area contributed by atoms with Crippen molar-refractivity contribution in [3.8, 4) is 0 Å². The van der Waals surface area contributed by atoms with Gasteiger partial charge in [0.1, 0.15) is 24.2 Å². The lowest BCUT2D eigenvalue weighted by Gasteiger charge is -2.29. The molecule has 0 saturated heterocycles. The van der Waals surface area contributed by atoms with Gasteiger partial charge in [0, 0.05) is 13.3 Å². The minimum atomic E-state index is -1.01. The van der Waals surface area contributed by atoms with Gasteiger partial charge in [0.2, 0.25) is 29.5 Å². The van der Waals surface area contributed by atoms with Crippen LogP contribution in [0.25, 0.3) is 0 Å². The lowest BCUT2D eigenvalue weighted by atomic mass is 9.96. The van der Waals surface area contributed by atoms with E-state index in [1.165, 1.54) is 13.8 Å². The van der Waals surface area contributed by atoms with Crippen LogP contribution in [0.3, 0.4) is 0 Å². The predicted octanol–water partition coefficient (Wildman–Crippen LogP) is 0.396. The number of rotatable bonds is 13. The van der Waals surface area contributed by atoms with Crippen LogP contribution >= 0.6 is 0 Å². The lowest BCUT2D eigenvalue weighted by Crippen LogP contribution is -2.60. The molecule has 0 fully saturated rings. The molecule has 6 N–H and O–H groups in total. The van der Waals surface area contributed by atoms with Crippen LogP contribution in [0.4, 0.5) is 0 Å². The zero-order chi connectivity index (χ0) is 26.7. The van der Waals surface area contributed by atoms with Crippen LogP contribution in [0.2, 0.25) is 0 Å². The normalized spacial score (nSPS) is 15.2. The van der Waals surface area contributed by atoms with Crippen LogP contribution in [0.5, 0.6) is 0 Å². The van der Waals surface area contributed by atoms with E-state index in [-0.39, 0.29) is 24.2 Å². The minimum Gasteiger partial charge on any atom is -0.368 e. The van der Waals surface area contributed by atoms with Crippen molar-refractivity contribution in [1.29, 1.82) is 0 Å². The maximum atomic E-state index is 13.2. The van der Waals surface area contributed by atoms with Gasteiger partial charge in [-0.2, -0.15) is 0 Å². The molecular formula is C25H39N5O5. The third-order valence-electron chi connectivity index (χ3n) is 5.80. The number of hydrogen-bond donors (Lipinski definition) is 5. The summed E-state index contributed by atoms with van der Waals surface area (Å²) in [6, 6.07) is 5.40. The molecular weight excluding hydrogens is 450 g/mol. The third-order valence-corrected chi connectivity index (χ3v) is 5.80. The van der Waals surface area contributed by atoms with Gasteiger partial charge in [0.25, 0.3) is 0 Å². The highest BCUT2D eigenvalue weighted by molar-refractivity contribution is 5.95. The van der Waals surface area contributed by atoms with Crippen LogP contribution in [0.15, 0.2) is 30.3 Å². The summed E-state index contributed by atoms with van der Waals surface area (Å²) in [5.74, 6) is -3.11. The summed E-state index contributed by atoms with van der Waals surface area (Å²) in [7, 11) is 0. The van der Waals surface area contributed by atoms with Gasteiger partial charge in [-0.25, -0.2) is 0 Å². The van der Waals surface area contributed by atoms with Gasteiger partial charge < -0.3 is 27.0 Å². The molecule has 1 aromatic carbocycles. The van der Waals surface area contributed by atoms with Crippen molar-refractivity contribution in [3.63, 3.8) is 0 Å². The standard InChI is InChI=1S/C25H39N5O5/c1-7-15(4)21(28-17(6)31)25(35)30-20(14(2)3)24(34)29-19(13-18-11-9-8-10-12-18)23(33)27-16(5)22(26)32/h8-12,14-16,19-21H,7,13H2,1-6H3,(H2,26,32)(H,27,33)(H,28,31)(H,29,34)(H,30,35)/t15-,16+,19-,20-,21-/m0/s1. The average molecular weight is 490 g/mol. The molecule has 0 aromatic heterocycles. The van der Waals surface area contributed by atoms with Crippen molar-refractivity contribution in [2.24, 2.45) is 17.6 Å². The van der Waals surface area contributed by atoms with Crippen molar-refractivity contribution in [1.82, 2.24) is 21.3 Å². The number of nitrogens with two attached hydrogens (primary N) is 1. The molecule has 0 saturated carbocycles. The molecule has 0 aliphatic rings. The zero-order valence-electron chi connectivity index (χ0n) is 21.4. The second-order valence-corrected chi connectivity index (χ2v) is 9.18. The molecule has 10 heteroatoms. The van der Waals surface area contributed by atoms with E-state index in [9.17, 15) is 24.0 Å². The Morgan fingerprint density at radius 1 is 0.800 bits per heavy atom. The highest BCUT2D eigenvalue weighted by atomic mass is 16.2. The molecule has 1 rings (SSSR count). The largest absolute Gasteiger partial charge is 0.368 e. The summed E-state index contributed by atoms with van der Waals surface area (Å²) in [6.45, 7) is 10.1. The smallest absolute Gasteiger partial charge is 0.243 e. The Morgan fingerprint density at radius 3 is 1.86 bits per heavy atom. The van der Waals surface area contributed by atoms with Crippen molar-refractivity contribution in [2.75, 3.05) is 0 Å². The molecule has 194 valence electrons. The Balaban J connectivity index is 3.10. The molecule has 0 spiro atoms. The van der Waals surface area contributed by atoms with Gasteiger partial charge in [-0.1, -0.05) is 64.4 Å². The van der Waals surface area contributed by atoms with E-state index in [1.54, 1.807) is 13.8 Å². The number of benzene rings is 1. The van der Waals surface area contributed by atoms with Crippen LogP contribution < -0.4 is 27.0 Å². The monoisotopic (exact) mass is 489 g/mol. The van der Waals surface area contributed by atoms with Gasteiger partial charge in [0.05, 0.1) is 0 Å². The molecule has 1 aromatic rings. The summed E-state index contributed by atoms with van der Waals surface area (Å²) in [5, 5.41) is 10.6. The first-order valence-electron chi connectivity index (χ1n) is 11.9. The summed E-state index contributed by atoms with van der Waals surface area (Å²) in [6.07, 6.45) is 0.818. The second-order valence-electron chi connectivity index (χ2n) is 9.18. The second kappa shape index (κ2) is 14.1. The first-order chi connectivity index (χ1) is 16.4. The number of hydrogen-bond acceptors (Lipinski definition) is 5. The highest BCUT2D eigenvalue weighted by Gasteiger charge is 2.33. The third kappa shape index (κ3) is 9.76. The fourth-order valence-electron chi connectivity index (χ4n) is 3.40. The van der Waals surface area contributed by atoms with Crippen LogP contribution in [0.1, 0.15) is 53.5 Å². The quantitative estimate of drug-likeness (QED) is 0.271. The number of carbonyl (C=O) groups is 5.